The molecule has 0 aliphatic rings. The van der Waals surface area contributed by atoms with Crippen LogP contribution in [0.3, 0.4) is 0 Å². The number of nitrogens with one attached hydrogen (secondary N) is 1. The van der Waals surface area contributed by atoms with Crippen molar-refractivity contribution in [2.24, 2.45) is 0 Å². The van der Waals surface area contributed by atoms with Crippen molar-refractivity contribution in [1.82, 2.24) is 0 Å². The summed E-state index contributed by atoms with van der Waals surface area (Å²) in [6, 6.07) is 9.62. The van der Waals surface area contributed by atoms with Crippen molar-refractivity contribution in [3.63, 3.8) is 0 Å². The zero-order chi connectivity index (χ0) is 14.7. The lowest BCUT2D eigenvalue weighted by Crippen LogP contribution is -2.03. The Bertz CT molecular complexity index is 656. The maximum absolute atomic E-state index is 13.1. The van der Waals surface area contributed by atoms with Gasteiger partial charge in [0.1, 0.15) is 5.82 Å². The Morgan fingerprint density at radius 3 is 2.60 bits per heavy atom. The number of anilines is 1. The van der Waals surface area contributed by atoms with Gasteiger partial charge in [0.2, 0.25) is 0 Å². The maximum Gasteiger partial charge on any atom is 0.272 e. The van der Waals surface area contributed by atoms with Gasteiger partial charge in [-0.05, 0) is 43.2 Å². The summed E-state index contributed by atoms with van der Waals surface area (Å²) in [5, 5.41) is 14.0. The van der Waals surface area contributed by atoms with Crippen molar-refractivity contribution in [2.75, 3.05) is 5.32 Å². The predicted octanol–water partition coefficient (Wildman–Crippen LogP) is 3.96. The molecule has 2 aromatic carbocycles. The van der Waals surface area contributed by atoms with Gasteiger partial charge >= 0.3 is 0 Å². The van der Waals surface area contributed by atoms with Gasteiger partial charge in [0.25, 0.3) is 5.69 Å². The Hall–Kier alpha value is -2.43. The van der Waals surface area contributed by atoms with E-state index in [4.69, 9.17) is 0 Å². The molecule has 2 rings (SSSR count). The molecule has 0 amide bonds. The maximum atomic E-state index is 13.1. The number of nitro groups is 1. The van der Waals surface area contributed by atoms with E-state index in [1.807, 2.05) is 6.07 Å². The van der Waals surface area contributed by atoms with E-state index < -0.39 is 4.92 Å². The average Bonchev–Trinajstić information content (AvgIpc) is 2.39. The number of nitro benzene ring substituents is 1. The minimum absolute atomic E-state index is 0.110. The highest BCUT2D eigenvalue weighted by atomic mass is 19.1. The number of hydrogen-bond acceptors (Lipinski definition) is 3. The number of halogens is 1. The first-order valence-electron chi connectivity index (χ1n) is 6.21. The predicted molar refractivity (Wildman–Crippen MR) is 76.3 cm³/mol. The van der Waals surface area contributed by atoms with E-state index in [-0.39, 0.29) is 11.5 Å². The Morgan fingerprint density at radius 2 is 1.95 bits per heavy atom. The van der Waals surface area contributed by atoms with Crippen LogP contribution in [0, 0.1) is 29.8 Å². The fraction of sp³-hybridized carbons (Fsp3) is 0.200. The smallest absolute Gasteiger partial charge is 0.272 e. The lowest BCUT2D eigenvalue weighted by molar-refractivity contribution is -0.385. The molecule has 1 N–H and O–H groups in total. The molecule has 0 radical (unpaired) electrons. The van der Waals surface area contributed by atoms with Crippen molar-refractivity contribution >= 4 is 11.4 Å². The van der Waals surface area contributed by atoms with Gasteiger partial charge in [-0.1, -0.05) is 12.1 Å². The normalized spacial score (nSPS) is 10.3. The van der Waals surface area contributed by atoms with Crippen molar-refractivity contribution in [1.29, 1.82) is 0 Å². The first-order valence-corrected chi connectivity index (χ1v) is 6.21. The molecule has 0 fully saturated rings. The SMILES string of the molecule is Cc1cc([N+](=O)[O-])c(C)cc1NCc1cccc(F)c1. The third-order valence-electron chi connectivity index (χ3n) is 3.11. The number of hydrogen-bond donors (Lipinski definition) is 1. The Balaban J connectivity index is 2.18. The third kappa shape index (κ3) is 3.12. The number of aryl methyl sites for hydroxylation is 2. The molecule has 0 aromatic heterocycles. The number of nitrogens with zero attached hydrogens (tertiary/aromatic N) is 1. The van der Waals surface area contributed by atoms with E-state index in [0.29, 0.717) is 12.1 Å². The summed E-state index contributed by atoms with van der Waals surface area (Å²) in [6.07, 6.45) is 0. The molecule has 0 aliphatic carbocycles. The Kier molecular flexibility index (Phi) is 3.98. The highest BCUT2D eigenvalue weighted by Crippen LogP contribution is 2.26. The molecular formula is C15H15FN2O2. The Morgan fingerprint density at radius 1 is 1.20 bits per heavy atom. The van der Waals surface area contributed by atoms with Gasteiger partial charge in [-0.2, -0.15) is 0 Å². The summed E-state index contributed by atoms with van der Waals surface area (Å²) >= 11 is 0. The summed E-state index contributed by atoms with van der Waals surface area (Å²) in [4.78, 5) is 10.5. The standard InChI is InChI=1S/C15H15FN2O2/c1-10-7-15(18(19)20)11(2)6-14(10)17-9-12-4-3-5-13(16)8-12/h3-8,17H,9H2,1-2H3. The van der Waals surface area contributed by atoms with Crippen LogP contribution in [0.15, 0.2) is 36.4 Å². The molecule has 4 nitrogen and oxygen atoms in total. The van der Waals surface area contributed by atoms with Crippen molar-refractivity contribution in [3.8, 4) is 0 Å². The molecule has 0 saturated carbocycles. The molecule has 20 heavy (non-hydrogen) atoms. The first-order chi connectivity index (χ1) is 9.47. The van der Waals surface area contributed by atoms with Crippen LogP contribution in [0.4, 0.5) is 15.8 Å². The lowest BCUT2D eigenvalue weighted by Gasteiger charge is -2.11. The van der Waals surface area contributed by atoms with Gasteiger partial charge in [0.15, 0.2) is 0 Å². The highest BCUT2D eigenvalue weighted by Gasteiger charge is 2.13. The van der Waals surface area contributed by atoms with Crippen LogP contribution in [0.25, 0.3) is 0 Å². The molecular weight excluding hydrogens is 259 g/mol. The molecule has 0 heterocycles. The summed E-state index contributed by atoms with van der Waals surface area (Å²) in [7, 11) is 0. The van der Waals surface area contributed by atoms with Crippen LogP contribution >= 0.6 is 0 Å². The molecule has 5 heteroatoms. The minimum atomic E-state index is -0.390. The highest BCUT2D eigenvalue weighted by molar-refractivity contribution is 5.59. The van der Waals surface area contributed by atoms with Crippen LogP contribution < -0.4 is 5.32 Å². The van der Waals surface area contributed by atoms with Gasteiger partial charge in [0, 0.05) is 23.9 Å². The second kappa shape index (κ2) is 5.69. The fourth-order valence-electron chi connectivity index (χ4n) is 2.03. The number of benzene rings is 2. The molecule has 0 bridgehead atoms. The first kappa shape index (κ1) is 14.0. The van der Waals surface area contributed by atoms with Crippen LogP contribution in [0.2, 0.25) is 0 Å². The second-order valence-electron chi connectivity index (χ2n) is 4.69. The van der Waals surface area contributed by atoms with E-state index >= 15 is 0 Å². The van der Waals surface area contributed by atoms with E-state index in [1.165, 1.54) is 12.1 Å². The van der Waals surface area contributed by atoms with Crippen LogP contribution in [0.5, 0.6) is 0 Å². The summed E-state index contributed by atoms with van der Waals surface area (Å²) in [6.45, 7) is 3.97. The fourth-order valence-corrected chi connectivity index (χ4v) is 2.03. The topological polar surface area (TPSA) is 55.2 Å². The number of rotatable bonds is 4. The molecule has 0 atom stereocenters. The third-order valence-corrected chi connectivity index (χ3v) is 3.11. The lowest BCUT2D eigenvalue weighted by atomic mass is 10.1. The molecule has 0 spiro atoms. The van der Waals surface area contributed by atoms with Crippen molar-refractivity contribution in [2.45, 2.75) is 20.4 Å². The van der Waals surface area contributed by atoms with Gasteiger partial charge in [-0.15, -0.1) is 0 Å². The summed E-state index contributed by atoms with van der Waals surface area (Å²) < 4.78 is 13.1. The average molecular weight is 274 g/mol. The van der Waals surface area contributed by atoms with Crippen molar-refractivity contribution < 1.29 is 9.31 Å². The van der Waals surface area contributed by atoms with Gasteiger partial charge in [0.05, 0.1) is 4.92 Å². The largest absolute Gasteiger partial charge is 0.381 e. The van der Waals surface area contributed by atoms with E-state index in [1.54, 1.807) is 32.0 Å². The van der Waals surface area contributed by atoms with E-state index in [0.717, 1.165) is 16.8 Å². The summed E-state index contributed by atoms with van der Waals surface area (Å²) in [5.74, 6) is -0.277. The van der Waals surface area contributed by atoms with Gasteiger partial charge in [-0.3, -0.25) is 10.1 Å². The zero-order valence-electron chi connectivity index (χ0n) is 11.3. The molecule has 0 aliphatic heterocycles. The quantitative estimate of drug-likeness (QED) is 0.678. The van der Waals surface area contributed by atoms with E-state index in [9.17, 15) is 14.5 Å². The molecule has 2 aromatic rings. The summed E-state index contributed by atoms with van der Waals surface area (Å²) in [5.41, 5.74) is 3.14. The van der Waals surface area contributed by atoms with Crippen LogP contribution in [0.1, 0.15) is 16.7 Å². The molecule has 0 saturated heterocycles. The van der Waals surface area contributed by atoms with Crippen LogP contribution in [-0.4, -0.2) is 4.92 Å². The molecule has 0 unspecified atom stereocenters. The monoisotopic (exact) mass is 274 g/mol. The Labute approximate surface area is 116 Å². The molecule has 104 valence electrons. The van der Waals surface area contributed by atoms with Gasteiger partial charge < -0.3 is 5.32 Å². The zero-order valence-corrected chi connectivity index (χ0v) is 11.3. The van der Waals surface area contributed by atoms with Gasteiger partial charge in [-0.25, -0.2) is 4.39 Å². The van der Waals surface area contributed by atoms with Crippen LogP contribution in [-0.2, 0) is 6.54 Å². The second-order valence-corrected chi connectivity index (χ2v) is 4.69. The van der Waals surface area contributed by atoms with E-state index in [2.05, 4.69) is 5.32 Å². The minimum Gasteiger partial charge on any atom is -0.381 e. The van der Waals surface area contributed by atoms with Crippen molar-refractivity contribution in [3.05, 3.63) is 69.0 Å².